The van der Waals surface area contributed by atoms with Crippen molar-refractivity contribution in [2.75, 3.05) is 11.9 Å². The molecule has 0 atom stereocenters. The van der Waals surface area contributed by atoms with E-state index >= 15 is 0 Å². The molecule has 2 N–H and O–H groups in total. The minimum Gasteiger partial charge on any atom is -0.380 e. The van der Waals surface area contributed by atoms with Crippen molar-refractivity contribution >= 4 is 5.69 Å². The van der Waals surface area contributed by atoms with Gasteiger partial charge in [0.15, 0.2) is 0 Å². The molecule has 0 amide bonds. The highest BCUT2D eigenvalue weighted by atomic mass is 16.1. The van der Waals surface area contributed by atoms with Crippen LogP contribution in [0.3, 0.4) is 0 Å². The maximum atomic E-state index is 12.5. The van der Waals surface area contributed by atoms with Crippen molar-refractivity contribution in [1.82, 2.24) is 4.98 Å². The number of aryl methyl sites for hydroxylation is 3. The van der Waals surface area contributed by atoms with E-state index < -0.39 is 0 Å². The second kappa shape index (κ2) is 7.69. The van der Waals surface area contributed by atoms with Crippen molar-refractivity contribution in [2.45, 2.75) is 54.4 Å². The Morgan fingerprint density at radius 1 is 1.04 bits per heavy atom. The lowest BCUT2D eigenvalue weighted by atomic mass is 9.94. The molecule has 2 aromatic rings. The van der Waals surface area contributed by atoms with Crippen LogP contribution >= 0.6 is 0 Å². The van der Waals surface area contributed by atoms with E-state index in [1.807, 2.05) is 6.92 Å². The first-order valence-electron chi connectivity index (χ1n) is 8.87. The summed E-state index contributed by atoms with van der Waals surface area (Å²) in [6.45, 7) is 13.5. The predicted molar refractivity (Wildman–Crippen MR) is 103 cm³/mol. The lowest BCUT2D eigenvalue weighted by Gasteiger charge is -2.18. The molecule has 1 heterocycles. The van der Waals surface area contributed by atoms with Gasteiger partial charge in [0.25, 0.3) is 5.56 Å². The summed E-state index contributed by atoms with van der Waals surface area (Å²) >= 11 is 0. The zero-order valence-corrected chi connectivity index (χ0v) is 15.8. The molecular weight excluding hydrogens is 296 g/mol. The molecule has 3 heteroatoms. The summed E-state index contributed by atoms with van der Waals surface area (Å²) in [4.78, 5) is 15.6. The minimum absolute atomic E-state index is 0.00951. The Labute approximate surface area is 145 Å². The molecular formula is C21H30N2O. The number of anilines is 1. The Morgan fingerprint density at radius 3 is 2.21 bits per heavy atom. The van der Waals surface area contributed by atoms with Gasteiger partial charge in [-0.15, -0.1) is 0 Å². The predicted octanol–water partition coefficient (Wildman–Crippen LogP) is 4.52. The number of benzene rings is 1. The molecule has 0 aliphatic carbocycles. The molecule has 130 valence electrons. The summed E-state index contributed by atoms with van der Waals surface area (Å²) in [7, 11) is 0. The topological polar surface area (TPSA) is 44.9 Å². The van der Waals surface area contributed by atoms with E-state index in [-0.39, 0.29) is 5.56 Å². The summed E-state index contributed by atoms with van der Waals surface area (Å²) in [6, 6.07) is 6.62. The number of H-pyrrole nitrogens is 1. The number of aromatic nitrogens is 1. The van der Waals surface area contributed by atoms with Crippen LogP contribution in [0.25, 0.3) is 0 Å². The Kier molecular flexibility index (Phi) is 5.87. The highest BCUT2D eigenvalue weighted by Crippen LogP contribution is 2.24. The average molecular weight is 326 g/mol. The summed E-state index contributed by atoms with van der Waals surface area (Å²) < 4.78 is 0. The fraction of sp³-hybridized carbons (Fsp3) is 0.476. The molecule has 0 unspecified atom stereocenters. The first-order chi connectivity index (χ1) is 11.3. The molecule has 0 bridgehead atoms. The van der Waals surface area contributed by atoms with Crippen molar-refractivity contribution in [3.63, 3.8) is 0 Å². The zero-order valence-electron chi connectivity index (χ0n) is 15.8. The lowest BCUT2D eigenvalue weighted by Crippen LogP contribution is -2.22. The summed E-state index contributed by atoms with van der Waals surface area (Å²) in [5.74, 6) is 0.491. The Bertz CT molecular complexity index is 752. The van der Waals surface area contributed by atoms with Crippen LogP contribution in [-0.4, -0.2) is 11.5 Å². The van der Waals surface area contributed by atoms with E-state index in [0.717, 1.165) is 36.3 Å². The number of hydrogen-bond donors (Lipinski definition) is 2. The molecule has 0 radical (unpaired) electrons. The third-order valence-electron chi connectivity index (χ3n) is 4.35. The van der Waals surface area contributed by atoms with Crippen LogP contribution in [0.1, 0.15) is 54.3 Å². The Balaban J connectivity index is 2.53. The van der Waals surface area contributed by atoms with E-state index in [1.165, 1.54) is 22.3 Å². The minimum atomic E-state index is -0.00951. The van der Waals surface area contributed by atoms with Gasteiger partial charge in [-0.3, -0.25) is 4.79 Å². The molecule has 1 aromatic heterocycles. The monoisotopic (exact) mass is 326 g/mol. The van der Waals surface area contributed by atoms with Crippen LogP contribution in [0, 0.1) is 26.7 Å². The van der Waals surface area contributed by atoms with Gasteiger partial charge >= 0.3 is 0 Å². The SMILES string of the molecule is CCc1c(C)[nH]c(=O)c(NCC(C)C)c1Cc1cc(C)cc(C)c1. The van der Waals surface area contributed by atoms with Crippen molar-refractivity contribution < 1.29 is 0 Å². The van der Waals surface area contributed by atoms with Gasteiger partial charge in [-0.1, -0.05) is 50.1 Å². The lowest BCUT2D eigenvalue weighted by molar-refractivity contribution is 0.687. The van der Waals surface area contributed by atoms with Crippen LogP contribution in [0.2, 0.25) is 0 Å². The quantitative estimate of drug-likeness (QED) is 0.819. The molecule has 0 aliphatic rings. The Hall–Kier alpha value is -2.03. The number of hydrogen-bond acceptors (Lipinski definition) is 2. The number of aromatic amines is 1. The second-order valence-electron chi connectivity index (χ2n) is 7.21. The van der Waals surface area contributed by atoms with Crippen molar-refractivity contribution in [1.29, 1.82) is 0 Å². The average Bonchev–Trinajstić information content (AvgIpc) is 2.45. The molecule has 0 aliphatic heterocycles. The first kappa shape index (κ1) is 18.3. The largest absolute Gasteiger partial charge is 0.380 e. The number of pyridine rings is 1. The fourth-order valence-corrected chi connectivity index (χ4v) is 3.36. The summed E-state index contributed by atoms with van der Waals surface area (Å²) in [6.07, 6.45) is 1.70. The van der Waals surface area contributed by atoms with Gasteiger partial charge in [0, 0.05) is 18.7 Å². The molecule has 0 saturated carbocycles. The van der Waals surface area contributed by atoms with E-state index in [9.17, 15) is 4.79 Å². The standard InChI is InChI=1S/C21H30N2O/c1-7-18-16(6)23-21(24)20(22-12-13(2)3)19(18)11-17-9-14(4)8-15(5)10-17/h8-10,13,22H,7,11-12H2,1-6H3,(H,23,24). The second-order valence-corrected chi connectivity index (χ2v) is 7.21. The van der Waals surface area contributed by atoms with Crippen LogP contribution < -0.4 is 10.9 Å². The van der Waals surface area contributed by atoms with Gasteiger partial charge in [-0.2, -0.15) is 0 Å². The molecule has 1 aromatic carbocycles. The summed E-state index contributed by atoms with van der Waals surface area (Å²) in [5, 5.41) is 3.39. The van der Waals surface area contributed by atoms with Crippen molar-refractivity contribution in [3.05, 3.63) is 62.1 Å². The van der Waals surface area contributed by atoms with Gasteiger partial charge in [0.05, 0.1) is 0 Å². The van der Waals surface area contributed by atoms with E-state index in [2.05, 4.69) is 63.1 Å². The fourth-order valence-electron chi connectivity index (χ4n) is 3.36. The van der Waals surface area contributed by atoms with Gasteiger partial charge in [0.2, 0.25) is 0 Å². The van der Waals surface area contributed by atoms with Gasteiger partial charge in [0.1, 0.15) is 5.69 Å². The third-order valence-corrected chi connectivity index (χ3v) is 4.35. The molecule has 24 heavy (non-hydrogen) atoms. The number of nitrogens with one attached hydrogen (secondary N) is 2. The maximum Gasteiger partial charge on any atom is 0.271 e. The first-order valence-corrected chi connectivity index (χ1v) is 8.87. The van der Waals surface area contributed by atoms with Gasteiger partial charge in [-0.05, 0) is 49.8 Å². The van der Waals surface area contributed by atoms with E-state index in [0.29, 0.717) is 5.92 Å². The van der Waals surface area contributed by atoms with Crippen molar-refractivity contribution in [2.24, 2.45) is 5.92 Å². The highest BCUT2D eigenvalue weighted by Gasteiger charge is 2.15. The van der Waals surface area contributed by atoms with Crippen LogP contribution in [-0.2, 0) is 12.8 Å². The normalized spacial score (nSPS) is 11.1. The third kappa shape index (κ3) is 4.28. The van der Waals surface area contributed by atoms with Crippen LogP contribution in [0.5, 0.6) is 0 Å². The smallest absolute Gasteiger partial charge is 0.271 e. The molecule has 3 nitrogen and oxygen atoms in total. The van der Waals surface area contributed by atoms with Crippen LogP contribution in [0.15, 0.2) is 23.0 Å². The van der Waals surface area contributed by atoms with Gasteiger partial charge < -0.3 is 10.3 Å². The molecule has 0 fully saturated rings. The van der Waals surface area contributed by atoms with E-state index in [4.69, 9.17) is 0 Å². The maximum absolute atomic E-state index is 12.5. The Morgan fingerprint density at radius 2 is 1.67 bits per heavy atom. The summed E-state index contributed by atoms with van der Waals surface area (Å²) in [5.41, 5.74) is 7.90. The molecule has 2 rings (SSSR count). The van der Waals surface area contributed by atoms with E-state index in [1.54, 1.807) is 0 Å². The highest BCUT2D eigenvalue weighted by molar-refractivity contribution is 5.56. The van der Waals surface area contributed by atoms with Crippen molar-refractivity contribution in [3.8, 4) is 0 Å². The molecule has 0 saturated heterocycles. The van der Waals surface area contributed by atoms with Crippen LogP contribution in [0.4, 0.5) is 5.69 Å². The number of rotatable bonds is 6. The molecule has 0 spiro atoms. The zero-order chi connectivity index (χ0) is 17.9. The van der Waals surface area contributed by atoms with Gasteiger partial charge in [-0.25, -0.2) is 0 Å².